The number of hydrogen-bond acceptors (Lipinski definition) is 13. The lowest BCUT2D eigenvalue weighted by molar-refractivity contribution is -0.192. The van der Waals surface area contributed by atoms with Crippen molar-refractivity contribution < 1.29 is 51.8 Å². The van der Waals surface area contributed by atoms with E-state index in [4.69, 9.17) is 44.3 Å². The fourth-order valence-corrected chi connectivity index (χ4v) is 8.76. The Morgan fingerprint density at radius 3 is 0.812 bits per heavy atom. The number of Topliss-reactive ketones (excluding diaryl/α,β-unsaturated/α-hetero) is 3. The van der Waals surface area contributed by atoms with E-state index in [0.29, 0.717) is 91.9 Å². The van der Waals surface area contributed by atoms with E-state index in [1.807, 2.05) is 36.4 Å². The van der Waals surface area contributed by atoms with E-state index in [1.54, 1.807) is 127 Å². The van der Waals surface area contributed by atoms with Gasteiger partial charge in [-0.15, -0.1) is 0 Å². The summed E-state index contributed by atoms with van der Waals surface area (Å²) in [4.78, 5) is 92.2. The highest BCUT2D eigenvalue weighted by Crippen LogP contribution is 2.35. The molecule has 0 fully saturated rings. The summed E-state index contributed by atoms with van der Waals surface area (Å²) in [7, 11) is 0. The third-order valence-electron chi connectivity index (χ3n) is 13.4. The average molecular weight is 1100 g/mol. The summed E-state index contributed by atoms with van der Waals surface area (Å²) in [6, 6.07) is 46.8. The molecule has 0 spiro atoms. The number of halogens is 3. The monoisotopic (exact) mass is 1100 g/mol. The fourth-order valence-electron chi connectivity index (χ4n) is 8.76. The van der Waals surface area contributed by atoms with Crippen LogP contribution in [0.5, 0.6) is 0 Å². The standard InChI is InChI=1S/C58H67N9O6.C2HF3O2/c59-37-13-10-34-56(62,50(68)43-16-4-1-5-17-43)53(71)65-46-28-22-40(23-29-46)49(41-24-30-47(31-25-41)66-54(72)57(63,35-11-14-38-60)51(69)44-18-6-2-7-19-44)42-26-32-48(33-27-42)67-55(73)58(64,36-12-15-39-61)52(70)45-20-8-3-9-21-45;3-2(4,5)1(6)7/h1-9,16-33,49H,10-15,34-39,59-64H2,(H,65,71)(H,66,72)(H,67,73);(H,6,7)/t56-,57-,58-;/m1./s1. The molecule has 0 heterocycles. The van der Waals surface area contributed by atoms with E-state index in [9.17, 15) is 41.9 Å². The van der Waals surface area contributed by atoms with Crippen LogP contribution in [0, 0.1) is 0 Å². The van der Waals surface area contributed by atoms with Gasteiger partial charge in [0.25, 0.3) is 17.7 Å². The van der Waals surface area contributed by atoms with Crippen LogP contribution < -0.4 is 50.4 Å². The highest BCUT2D eigenvalue weighted by molar-refractivity contribution is 6.22. The van der Waals surface area contributed by atoms with Gasteiger partial charge in [-0.2, -0.15) is 13.2 Å². The zero-order chi connectivity index (χ0) is 58.5. The molecule has 0 aliphatic carbocycles. The number of rotatable bonds is 27. The Kier molecular flexibility index (Phi) is 22.8. The predicted molar refractivity (Wildman–Crippen MR) is 302 cm³/mol. The van der Waals surface area contributed by atoms with Crippen LogP contribution in [0.15, 0.2) is 164 Å². The van der Waals surface area contributed by atoms with Gasteiger partial charge in [0.2, 0.25) is 0 Å². The van der Waals surface area contributed by atoms with Crippen LogP contribution in [-0.4, -0.2) is 88.6 Å². The molecule has 3 atom stereocenters. The summed E-state index contributed by atoms with van der Waals surface area (Å²) < 4.78 is 31.7. The number of ketones is 3. The SMILES string of the molecule is NCCCC[C@](N)(C(=O)Nc1ccc(C(c2ccc(NC(=O)[C@@](N)(CCCCN)C(=O)c3ccccc3)cc2)c2ccc(NC(=O)[C@@](N)(CCCCN)C(=O)c3ccccc3)cc2)cc1)C(=O)c1ccccc1.O=C(O)C(F)(F)F. The maximum atomic E-state index is 14.0. The highest BCUT2D eigenvalue weighted by atomic mass is 19.4. The Morgan fingerprint density at radius 2 is 0.613 bits per heavy atom. The topological polar surface area (TPSA) is 332 Å². The molecule has 0 saturated heterocycles. The van der Waals surface area contributed by atoms with Gasteiger partial charge in [0.15, 0.2) is 34.0 Å². The van der Waals surface area contributed by atoms with E-state index < -0.39 is 69.8 Å². The van der Waals surface area contributed by atoms with Crippen LogP contribution in [0.2, 0.25) is 0 Å². The molecule has 0 bridgehead atoms. The second kappa shape index (κ2) is 29.1. The first-order chi connectivity index (χ1) is 38.1. The van der Waals surface area contributed by atoms with E-state index in [2.05, 4.69) is 16.0 Å². The van der Waals surface area contributed by atoms with Crippen molar-refractivity contribution in [2.75, 3.05) is 35.6 Å². The highest BCUT2D eigenvalue weighted by Gasteiger charge is 2.44. The molecule has 0 radical (unpaired) electrons. The van der Waals surface area contributed by atoms with Crippen LogP contribution in [-0.2, 0) is 19.2 Å². The summed E-state index contributed by atoms with van der Waals surface area (Å²) in [5.41, 5.74) is 36.3. The number of benzene rings is 6. The molecule has 0 unspecified atom stereocenters. The molecular weight excluding hydrogens is 1030 g/mol. The third kappa shape index (κ3) is 16.4. The number of carboxylic acid groups (broad SMARTS) is 1. The summed E-state index contributed by atoms with van der Waals surface area (Å²) in [5, 5.41) is 15.7. The second-order valence-corrected chi connectivity index (χ2v) is 19.2. The number of carbonyl (C=O) groups is 7. The average Bonchev–Trinajstić information content (AvgIpc) is 3.47. The minimum atomic E-state index is -5.08. The smallest absolute Gasteiger partial charge is 0.475 e. The number of aliphatic carboxylic acids is 1. The van der Waals surface area contributed by atoms with Gasteiger partial charge < -0.3 is 55.5 Å². The number of anilines is 3. The summed E-state index contributed by atoms with van der Waals surface area (Å²) >= 11 is 0. The summed E-state index contributed by atoms with van der Waals surface area (Å²) in [5.74, 6) is -6.70. The van der Waals surface area contributed by atoms with Crippen molar-refractivity contribution in [3.8, 4) is 0 Å². The van der Waals surface area contributed by atoms with Crippen molar-refractivity contribution in [3.05, 3.63) is 197 Å². The van der Waals surface area contributed by atoms with Gasteiger partial charge in [0.1, 0.15) is 0 Å². The van der Waals surface area contributed by atoms with Crippen molar-refractivity contribution in [1.82, 2.24) is 0 Å². The number of amides is 3. The molecule has 0 aliphatic heterocycles. The number of hydrogen-bond donors (Lipinski definition) is 10. The Morgan fingerprint density at radius 1 is 0.388 bits per heavy atom. The maximum absolute atomic E-state index is 14.0. The number of carboxylic acids is 1. The molecule has 80 heavy (non-hydrogen) atoms. The van der Waals surface area contributed by atoms with Gasteiger partial charge in [0, 0.05) is 39.7 Å². The minimum absolute atomic E-state index is 0.0879. The summed E-state index contributed by atoms with van der Waals surface area (Å²) in [6.45, 7) is 1.15. The lowest BCUT2D eigenvalue weighted by Crippen LogP contribution is -2.57. The lowest BCUT2D eigenvalue weighted by Gasteiger charge is -2.28. The van der Waals surface area contributed by atoms with Crippen molar-refractivity contribution in [2.24, 2.45) is 34.4 Å². The number of nitrogens with two attached hydrogens (primary N) is 6. The van der Waals surface area contributed by atoms with Gasteiger partial charge in [-0.05, 0) is 131 Å². The Hall–Kier alpha value is -8.24. The molecule has 20 heteroatoms. The largest absolute Gasteiger partial charge is 0.490 e. The molecule has 3 amide bonds. The second-order valence-electron chi connectivity index (χ2n) is 19.2. The van der Waals surface area contributed by atoms with Crippen molar-refractivity contribution >= 4 is 58.1 Å². The lowest BCUT2D eigenvalue weighted by atomic mass is 9.83. The molecule has 6 aromatic rings. The van der Waals surface area contributed by atoms with E-state index in [1.165, 1.54) is 0 Å². The predicted octanol–water partition coefficient (Wildman–Crippen LogP) is 7.44. The van der Waals surface area contributed by atoms with E-state index >= 15 is 0 Å². The molecular formula is C60H68F3N9O8. The fraction of sp³-hybridized carbons (Fsp3) is 0.283. The van der Waals surface area contributed by atoms with Crippen LogP contribution in [0.4, 0.5) is 30.2 Å². The molecule has 422 valence electrons. The Bertz CT molecular complexity index is 2720. The van der Waals surface area contributed by atoms with Crippen molar-refractivity contribution in [3.63, 3.8) is 0 Å². The first kappa shape index (κ1) is 62.6. The van der Waals surface area contributed by atoms with Crippen LogP contribution in [0.25, 0.3) is 0 Å². The van der Waals surface area contributed by atoms with Crippen LogP contribution in [0.3, 0.4) is 0 Å². The van der Waals surface area contributed by atoms with E-state index in [0.717, 1.165) is 16.7 Å². The number of alkyl halides is 3. The summed E-state index contributed by atoms with van der Waals surface area (Å²) in [6.07, 6.45) is -1.68. The molecule has 0 aliphatic rings. The first-order valence-corrected chi connectivity index (χ1v) is 25.9. The molecule has 0 saturated carbocycles. The van der Waals surface area contributed by atoms with Crippen LogP contribution >= 0.6 is 0 Å². The van der Waals surface area contributed by atoms with Gasteiger partial charge >= 0.3 is 12.1 Å². The van der Waals surface area contributed by atoms with Gasteiger partial charge in [-0.25, -0.2) is 4.79 Å². The van der Waals surface area contributed by atoms with Crippen molar-refractivity contribution in [1.29, 1.82) is 0 Å². The quantitative estimate of drug-likeness (QED) is 0.0104. The third-order valence-corrected chi connectivity index (χ3v) is 13.4. The van der Waals surface area contributed by atoms with Gasteiger partial charge in [0.05, 0.1) is 0 Å². The molecule has 0 aromatic heterocycles. The number of nitrogens with one attached hydrogen (secondary N) is 3. The first-order valence-electron chi connectivity index (χ1n) is 25.9. The molecule has 6 aromatic carbocycles. The zero-order valence-corrected chi connectivity index (χ0v) is 44.1. The normalized spacial score (nSPS) is 13.5. The van der Waals surface area contributed by atoms with Crippen LogP contribution in [0.1, 0.15) is 111 Å². The molecule has 16 N–H and O–H groups in total. The number of unbranched alkanes of at least 4 members (excludes halogenated alkanes) is 3. The Labute approximate surface area is 462 Å². The number of carbonyl (C=O) groups excluding carboxylic acids is 6. The molecule has 17 nitrogen and oxygen atoms in total. The van der Waals surface area contributed by atoms with Crippen molar-refractivity contribution in [2.45, 2.75) is 86.5 Å². The maximum Gasteiger partial charge on any atom is 0.490 e. The Balaban J connectivity index is 0.00000157. The van der Waals surface area contributed by atoms with E-state index in [-0.39, 0.29) is 19.3 Å². The minimum Gasteiger partial charge on any atom is -0.475 e. The van der Waals surface area contributed by atoms with Gasteiger partial charge in [-0.3, -0.25) is 28.8 Å². The zero-order valence-electron chi connectivity index (χ0n) is 44.1. The molecule has 6 rings (SSSR count). The van der Waals surface area contributed by atoms with Gasteiger partial charge in [-0.1, -0.05) is 127 Å².